The van der Waals surface area contributed by atoms with Crippen LogP contribution in [0, 0.1) is 11.6 Å². The molecule has 1 saturated heterocycles. The summed E-state index contributed by atoms with van der Waals surface area (Å²) in [6, 6.07) is 3.46. The minimum Gasteiger partial charge on any atom is -0.374 e. The third kappa shape index (κ3) is 2.49. The second-order valence-corrected chi connectivity index (χ2v) is 3.21. The van der Waals surface area contributed by atoms with Crippen molar-refractivity contribution in [3.05, 3.63) is 35.4 Å². The highest BCUT2D eigenvalue weighted by Gasteiger charge is 2.22. The van der Waals surface area contributed by atoms with E-state index < -0.39 is 11.6 Å². The largest absolute Gasteiger partial charge is 0.374 e. The van der Waals surface area contributed by atoms with Crippen molar-refractivity contribution >= 4 is 0 Å². The van der Waals surface area contributed by atoms with Crippen molar-refractivity contribution in [1.82, 2.24) is 0 Å². The van der Waals surface area contributed by atoms with Gasteiger partial charge in [-0.3, -0.25) is 0 Å². The lowest BCUT2D eigenvalue weighted by Crippen LogP contribution is -2.02. The summed E-state index contributed by atoms with van der Waals surface area (Å²) < 4.78 is 35.6. The van der Waals surface area contributed by atoms with E-state index in [9.17, 15) is 8.78 Å². The van der Waals surface area contributed by atoms with Crippen LogP contribution in [0.5, 0.6) is 0 Å². The molecule has 0 amide bonds. The van der Waals surface area contributed by atoms with E-state index in [1.807, 2.05) is 0 Å². The Balaban J connectivity index is 1.87. The number of hydrogen-bond donors (Lipinski definition) is 0. The molecule has 0 N–H and O–H groups in total. The topological polar surface area (TPSA) is 21.8 Å². The Bertz CT molecular complexity index is 324. The molecule has 1 heterocycles. The maximum Gasteiger partial charge on any atom is 0.131 e. The molecule has 1 aliphatic rings. The summed E-state index contributed by atoms with van der Waals surface area (Å²) in [5.41, 5.74) is 0.368. The Morgan fingerprint density at radius 1 is 1.43 bits per heavy atom. The van der Waals surface area contributed by atoms with E-state index in [-0.39, 0.29) is 12.7 Å². The zero-order chi connectivity index (χ0) is 9.97. The van der Waals surface area contributed by atoms with Gasteiger partial charge in [0.15, 0.2) is 0 Å². The smallest absolute Gasteiger partial charge is 0.131 e. The molecule has 2 nitrogen and oxygen atoms in total. The van der Waals surface area contributed by atoms with Crippen molar-refractivity contribution in [1.29, 1.82) is 0 Å². The summed E-state index contributed by atoms with van der Waals surface area (Å²) in [4.78, 5) is 0. The summed E-state index contributed by atoms with van der Waals surface area (Å²) in [5.74, 6) is -1.14. The van der Waals surface area contributed by atoms with Gasteiger partial charge in [0.05, 0.1) is 19.8 Å². The first kappa shape index (κ1) is 9.55. The Kier molecular flexibility index (Phi) is 2.74. The van der Waals surface area contributed by atoms with E-state index in [0.29, 0.717) is 18.8 Å². The lowest BCUT2D eigenvalue weighted by Gasteiger charge is -2.03. The number of halogens is 2. The van der Waals surface area contributed by atoms with Crippen LogP contribution >= 0.6 is 0 Å². The molecule has 4 heteroatoms. The van der Waals surface area contributed by atoms with Crippen LogP contribution in [0.4, 0.5) is 8.78 Å². The van der Waals surface area contributed by atoms with Crippen LogP contribution in [-0.2, 0) is 16.1 Å². The van der Waals surface area contributed by atoms with Crippen molar-refractivity contribution in [2.75, 3.05) is 13.2 Å². The molecule has 0 aliphatic carbocycles. The molecule has 0 bridgehead atoms. The normalized spacial score (nSPS) is 19.7. The average molecular weight is 200 g/mol. The minimum atomic E-state index is -0.572. The van der Waals surface area contributed by atoms with Gasteiger partial charge >= 0.3 is 0 Å². The van der Waals surface area contributed by atoms with Gasteiger partial charge in [-0.25, -0.2) is 8.78 Å². The molecule has 76 valence electrons. The van der Waals surface area contributed by atoms with Crippen LogP contribution < -0.4 is 0 Å². The van der Waals surface area contributed by atoms with E-state index in [2.05, 4.69) is 0 Å². The molecule has 1 atom stereocenters. The molecule has 1 aromatic carbocycles. The van der Waals surface area contributed by atoms with E-state index in [4.69, 9.17) is 9.47 Å². The Morgan fingerprint density at radius 2 is 2.21 bits per heavy atom. The zero-order valence-corrected chi connectivity index (χ0v) is 7.50. The fraction of sp³-hybridized carbons (Fsp3) is 0.400. The van der Waals surface area contributed by atoms with Crippen molar-refractivity contribution < 1.29 is 18.3 Å². The number of hydrogen-bond acceptors (Lipinski definition) is 2. The molecule has 1 aromatic rings. The van der Waals surface area contributed by atoms with Crippen molar-refractivity contribution in [3.8, 4) is 0 Å². The highest BCUT2D eigenvalue weighted by Crippen LogP contribution is 2.13. The predicted molar refractivity (Wildman–Crippen MR) is 45.8 cm³/mol. The lowest BCUT2D eigenvalue weighted by atomic mass is 10.2. The van der Waals surface area contributed by atoms with E-state index >= 15 is 0 Å². The molecule has 1 aliphatic heterocycles. The standard InChI is InChI=1S/C10H10F2O2/c11-8-2-1-7(10(12)3-8)4-13-5-9-6-14-9/h1-3,9H,4-6H2. The first-order valence-electron chi connectivity index (χ1n) is 4.39. The molecular weight excluding hydrogens is 190 g/mol. The fourth-order valence-corrected chi connectivity index (χ4v) is 1.10. The molecule has 0 saturated carbocycles. The molecule has 1 fully saturated rings. The summed E-state index contributed by atoms with van der Waals surface area (Å²) in [7, 11) is 0. The molecular formula is C10H10F2O2. The number of rotatable bonds is 4. The van der Waals surface area contributed by atoms with Gasteiger partial charge in [-0.1, -0.05) is 6.07 Å². The number of epoxide rings is 1. The van der Waals surface area contributed by atoms with Crippen LogP contribution in [0.1, 0.15) is 5.56 Å². The highest BCUT2D eigenvalue weighted by molar-refractivity contribution is 5.17. The predicted octanol–water partition coefficient (Wildman–Crippen LogP) is 1.88. The SMILES string of the molecule is Fc1ccc(COCC2CO2)c(F)c1. The monoisotopic (exact) mass is 200 g/mol. The fourth-order valence-electron chi connectivity index (χ4n) is 1.10. The summed E-state index contributed by atoms with van der Waals surface area (Å²) >= 11 is 0. The second kappa shape index (κ2) is 4.02. The lowest BCUT2D eigenvalue weighted by molar-refractivity contribution is 0.102. The molecule has 0 spiro atoms. The number of benzene rings is 1. The summed E-state index contributed by atoms with van der Waals surface area (Å²) in [6.45, 7) is 1.34. The average Bonchev–Trinajstić information content (AvgIpc) is 2.92. The first-order valence-corrected chi connectivity index (χ1v) is 4.39. The van der Waals surface area contributed by atoms with Gasteiger partial charge in [-0.2, -0.15) is 0 Å². The molecule has 1 unspecified atom stereocenters. The second-order valence-electron chi connectivity index (χ2n) is 3.21. The zero-order valence-electron chi connectivity index (χ0n) is 7.50. The van der Waals surface area contributed by atoms with Crippen LogP contribution in [0.25, 0.3) is 0 Å². The number of ether oxygens (including phenoxy) is 2. The van der Waals surface area contributed by atoms with Crippen molar-refractivity contribution in [3.63, 3.8) is 0 Å². The minimum absolute atomic E-state index is 0.159. The Morgan fingerprint density at radius 3 is 2.86 bits per heavy atom. The van der Waals surface area contributed by atoms with Gasteiger partial charge in [-0.05, 0) is 6.07 Å². The van der Waals surface area contributed by atoms with Gasteiger partial charge in [0.1, 0.15) is 17.7 Å². The molecule has 14 heavy (non-hydrogen) atoms. The summed E-state index contributed by atoms with van der Waals surface area (Å²) in [6.07, 6.45) is 0.165. The van der Waals surface area contributed by atoms with Gasteiger partial charge in [-0.15, -0.1) is 0 Å². The quantitative estimate of drug-likeness (QED) is 0.692. The van der Waals surface area contributed by atoms with Crippen LogP contribution in [0.2, 0.25) is 0 Å². The summed E-state index contributed by atoms with van der Waals surface area (Å²) in [5, 5.41) is 0. The van der Waals surface area contributed by atoms with Crippen molar-refractivity contribution in [2.24, 2.45) is 0 Å². The van der Waals surface area contributed by atoms with Crippen molar-refractivity contribution in [2.45, 2.75) is 12.7 Å². The highest BCUT2D eigenvalue weighted by atomic mass is 19.1. The van der Waals surface area contributed by atoms with Gasteiger partial charge in [0, 0.05) is 11.6 Å². The molecule has 2 rings (SSSR count). The maximum atomic E-state index is 13.0. The third-order valence-electron chi connectivity index (χ3n) is 1.98. The van der Waals surface area contributed by atoms with Gasteiger partial charge in [0.25, 0.3) is 0 Å². The first-order chi connectivity index (χ1) is 6.75. The van der Waals surface area contributed by atoms with E-state index in [1.165, 1.54) is 12.1 Å². The molecule has 0 aromatic heterocycles. The third-order valence-corrected chi connectivity index (χ3v) is 1.98. The van der Waals surface area contributed by atoms with Crippen LogP contribution in [-0.4, -0.2) is 19.3 Å². The van der Waals surface area contributed by atoms with E-state index in [1.54, 1.807) is 0 Å². The molecule has 0 radical (unpaired) electrons. The Hall–Kier alpha value is -1.00. The van der Waals surface area contributed by atoms with Gasteiger partial charge < -0.3 is 9.47 Å². The van der Waals surface area contributed by atoms with Gasteiger partial charge in [0.2, 0.25) is 0 Å². The van der Waals surface area contributed by atoms with E-state index in [0.717, 1.165) is 6.07 Å². The van der Waals surface area contributed by atoms with Crippen LogP contribution in [0.3, 0.4) is 0 Å². The Labute approximate surface area is 80.4 Å². The maximum absolute atomic E-state index is 13.0. The van der Waals surface area contributed by atoms with Crippen LogP contribution in [0.15, 0.2) is 18.2 Å².